The van der Waals surface area contributed by atoms with Crippen LogP contribution in [0.3, 0.4) is 0 Å². The SMILES string of the molecule is COc1ccc(OC)c(C(CCc2cnn(C)c2)NN)c1. The van der Waals surface area contributed by atoms with Gasteiger partial charge in [0.05, 0.1) is 26.5 Å². The van der Waals surface area contributed by atoms with Crippen molar-refractivity contribution >= 4 is 0 Å². The zero-order chi connectivity index (χ0) is 15.2. The summed E-state index contributed by atoms with van der Waals surface area (Å²) in [5.41, 5.74) is 5.03. The van der Waals surface area contributed by atoms with E-state index in [1.54, 1.807) is 18.9 Å². The van der Waals surface area contributed by atoms with Crippen LogP contribution in [0, 0.1) is 0 Å². The number of hydrazine groups is 1. The predicted octanol–water partition coefficient (Wildman–Crippen LogP) is 1.57. The highest BCUT2D eigenvalue weighted by Crippen LogP contribution is 2.31. The molecule has 1 unspecified atom stereocenters. The van der Waals surface area contributed by atoms with Gasteiger partial charge in [0.2, 0.25) is 0 Å². The van der Waals surface area contributed by atoms with E-state index in [1.807, 2.05) is 37.6 Å². The maximum atomic E-state index is 5.72. The summed E-state index contributed by atoms with van der Waals surface area (Å²) in [6.45, 7) is 0. The number of aromatic nitrogens is 2. The summed E-state index contributed by atoms with van der Waals surface area (Å²) < 4.78 is 12.5. The van der Waals surface area contributed by atoms with Crippen molar-refractivity contribution < 1.29 is 9.47 Å². The summed E-state index contributed by atoms with van der Waals surface area (Å²) in [4.78, 5) is 0. The number of hydrogen-bond acceptors (Lipinski definition) is 5. The zero-order valence-corrected chi connectivity index (χ0v) is 12.7. The summed E-state index contributed by atoms with van der Waals surface area (Å²) >= 11 is 0. The molecule has 0 saturated carbocycles. The van der Waals surface area contributed by atoms with Gasteiger partial charge >= 0.3 is 0 Å². The first-order chi connectivity index (χ1) is 10.2. The second-order valence-corrected chi connectivity index (χ2v) is 4.89. The third-order valence-electron chi connectivity index (χ3n) is 3.49. The van der Waals surface area contributed by atoms with Crippen LogP contribution in [0.1, 0.15) is 23.6 Å². The van der Waals surface area contributed by atoms with E-state index in [0.29, 0.717) is 0 Å². The third kappa shape index (κ3) is 3.74. The lowest BCUT2D eigenvalue weighted by atomic mass is 9.99. The van der Waals surface area contributed by atoms with Gasteiger partial charge in [-0.1, -0.05) is 0 Å². The number of hydrogen-bond donors (Lipinski definition) is 2. The summed E-state index contributed by atoms with van der Waals surface area (Å²) in [5, 5.41) is 4.17. The largest absolute Gasteiger partial charge is 0.497 e. The Kier molecular flexibility index (Phi) is 5.19. The van der Waals surface area contributed by atoms with Gasteiger partial charge in [-0.05, 0) is 36.6 Å². The van der Waals surface area contributed by atoms with Gasteiger partial charge in [0, 0.05) is 18.8 Å². The minimum Gasteiger partial charge on any atom is -0.497 e. The third-order valence-corrected chi connectivity index (χ3v) is 3.49. The summed E-state index contributed by atoms with van der Waals surface area (Å²) in [7, 11) is 5.21. The molecule has 21 heavy (non-hydrogen) atoms. The molecule has 0 fully saturated rings. The number of nitrogens with zero attached hydrogens (tertiary/aromatic N) is 2. The number of nitrogens with one attached hydrogen (secondary N) is 1. The summed E-state index contributed by atoms with van der Waals surface area (Å²) in [6, 6.07) is 5.70. The molecule has 1 aromatic heterocycles. The van der Waals surface area contributed by atoms with Gasteiger partial charge in [0.15, 0.2) is 0 Å². The molecule has 0 aliphatic heterocycles. The minimum absolute atomic E-state index is 0.0183. The fourth-order valence-corrected chi connectivity index (χ4v) is 2.35. The van der Waals surface area contributed by atoms with Crippen LogP contribution in [0.4, 0.5) is 0 Å². The van der Waals surface area contributed by atoms with Crippen molar-refractivity contribution in [1.29, 1.82) is 0 Å². The van der Waals surface area contributed by atoms with Crippen LogP contribution in [-0.4, -0.2) is 24.0 Å². The van der Waals surface area contributed by atoms with E-state index >= 15 is 0 Å². The lowest BCUT2D eigenvalue weighted by Crippen LogP contribution is -2.28. The molecule has 114 valence electrons. The molecule has 6 nitrogen and oxygen atoms in total. The molecule has 0 bridgehead atoms. The van der Waals surface area contributed by atoms with E-state index in [0.717, 1.165) is 29.9 Å². The van der Waals surface area contributed by atoms with Crippen LogP contribution in [0.5, 0.6) is 11.5 Å². The molecule has 0 saturated heterocycles. The van der Waals surface area contributed by atoms with Gasteiger partial charge in [-0.2, -0.15) is 5.10 Å². The molecular formula is C15H22N4O2. The van der Waals surface area contributed by atoms with E-state index in [-0.39, 0.29) is 6.04 Å². The highest BCUT2D eigenvalue weighted by atomic mass is 16.5. The average Bonchev–Trinajstić information content (AvgIpc) is 2.93. The normalized spacial score (nSPS) is 12.2. The molecular weight excluding hydrogens is 268 g/mol. The molecule has 2 rings (SSSR count). The van der Waals surface area contributed by atoms with Crippen molar-refractivity contribution in [3.63, 3.8) is 0 Å². The standard InChI is InChI=1S/C15H22N4O2/c1-19-10-11(9-17-19)4-6-14(18-16)13-8-12(20-2)5-7-15(13)21-3/h5,7-10,14,18H,4,6,16H2,1-3H3. The van der Waals surface area contributed by atoms with Crippen LogP contribution in [-0.2, 0) is 13.5 Å². The highest BCUT2D eigenvalue weighted by molar-refractivity contribution is 5.42. The Morgan fingerprint density at radius 1 is 1.33 bits per heavy atom. The Labute approximate surface area is 124 Å². The molecule has 0 amide bonds. The molecule has 6 heteroatoms. The average molecular weight is 290 g/mol. The van der Waals surface area contributed by atoms with Crippen LogP contribution in [0.2, 0.25) is 0 Å². The van der Waals surface area contributed by atoms with E-state index in [4.69, 9.17) is 15.3 Å². The molecule has 3 N–H and O–H groups in total. The fourth-order valence-electron chi connectivity index (χ4n) is 2.35. The number of rotatable bonds is 7. The van der Waals surface area contributed by atoms with Gasteiger partial charge in [-0.15, -0.1) is 0 Å². The zero-order valence-electron chi connectivity index (χ0n) is 12.7. The Hall–Kier alpha value is -2.05. The number of ether oxygens (including phenoxy) is 2. The van der Waals surface area contributed by atoms with Crippen molar-refractivity contribution in [2.45, 2.75) is 18.9 Å². The van der Waals surface area contributed by atoms with E-state index in [1.165, 1.54) is 5.56 Å². The first-order valence-electron chi connectivity index (χ1n) is 6.83. The molecule has 2 aromatic rings. The monoisotopic (exact) mass is 290 g/mol. The molecule has 0 aliphatic carbocycles. The van der Waals surface area contributed by atoms with Gasteiger partial charge in [-0.25, -0.2) is 0 Å². The second-order valence-electron chi connectivity index (χ2n) is 4.89. The van der Waals surface area contributed by atoms with E-state index in [9.17, 15) is 0 Å². The van der Waals surface area contributed by atoms with Crippen molar-refractivity contribution in [2.24, 2.45) is 12.9 Å². The molecule has 0 aliphatic rings. The van der Waals surface area contributed by atoms with Crippen molar-refractivity contribution in [2.75, 3.05) is 14.2 Å². The lowest BCUT2D eigenvalue weighted by Gasteiger charge is -2.19. The van der Waals surface area contributed by atoms with Gasteiger partial charge in [-0.3, -0.25) is 16.0 Å². The van der Waals surface area contributed by atoms with Crippen molar-refractivity contribution in [3.05, 3.63) is 41.7 Å². The Morgan fingerprint density at radius 2 is 2.14 bits per heavy atom. The van der Waals surface area contributed by atoms with Crippen LogP contribution < -0.4 is 20.7 Å². The predicted molar refractivity (Wildman–Crippen MR) is 81.1 cm³/mol. The maximum absolute atomic E-state index is 5.72. The Bertz CT molecular complexity index is 583. The van der Waals surface area contributed by atoms with Crippen molar-refractivity contribution in [1.82, 2.24) is 15.2 Å². The number of benzene rings is 1. The van der Waals surface area contributed by atoms with Gasteiger partial charge < -0.3 is 9.47 Å². The Balaban J connectivity index is 2.15. The molecule has 0 radical (unpaired) electrons. The van der Waals surface area contributed by atoms with Crippen LogP contribution in [0.25, 0.3) is 0 Å². The smallest absolute Gasteiger partial charge is 0.123 e. The van der Waals surface area contributed by atoms with Crippen LogP contribution in [0.15, 0.2) is 30.6 Å². The second kappa shape index (κ2) is 7.10. The fraction of sp³-hybridized carbons (Fsp3) is 0.400. The number of aryl methyl sites for hydroxylation is 2. The van der Waals surface area contributed by atoms with Gasteiger partial charge in [0.25, 0.3) is 0 Å². The molecule has 1 heterocycles. The first-order valence-corrected chi connectivity index (χ1v) is 6.83. The number of methoxy groups -OCH3 is 2. The summed E-state index contributed by atoms with van der Waals surface area (Å²) in [5.74, 6) is 7.30. The number of nitrogens with two attached hydrogens (primary N) is 1. The first kappa shape index (κ1) is 15.3. The topological polar surface area (TPSA) is 74.3 Å². The lowest BCUT2D eigenvalue weighted by molar-refractivity contribution is 0.387. The molecule has 0 spiro atoms. The molecule has 1 atom stereocenters. The Morgan fingerprint density at radius 3 is 2.71 bits per heavy atom. The van der Waals surface area contributed by atoms with E-state index < -0.39 is 0 Å². The van der Waals surface area contributed by atoms with E-state index in [2.05, 4.69) is 10.5 Å². The quantitative estimate of drug-likeness (QED) is 0.598. The van der Waals surface area contributed by atoms with Gasteiger partial charge in [0.1, 0.15) is 11.5 Å². The highest BCUT2D eigenvalue weighted by Gasteiger charge is 2.16. The molecule has 1 aromatic carbocycles. The van der Waals surface area contributed by atoms with Crippen LogP contribution >= 0.6 is 0 Å². The minimum atomic E-state index is -0.0183. The summed E-state index contributed by atoms with van der Waals surface area (Å²) in [6.07, 6.45) is 5.60. The maximum Gasteiger partial charge on any atom is 0.123 e. The van der Waals surface area contributed by atoms with Crippen molar-refractivity contribution in [3.8, 4) is 11.5 Å².